The summed E-state index contributed by atoms with van der Waals surface area (Å²) in [6.07, 6.45) is 4.49. The van der Waals surface area contributed by atoms with Gasteiger partial charge in [0.1, 0.15) is 5.65 Å². The first kappa shape index (κ1) is 12.6. The predicted molar refractivity (Wildman–Crippen MR) is 71.2 cm³/mol. The van der Waals surface area contributed by atoms with Gasteiger partial charge >= 0.3 is 0 Å². The van der Waals surface area contributed by atoms with Crippen LogP contribution < -0.4 is 5.32 Å². The maximum absolute atomic E-state index is 11.6. The number of carbonyl (C=O) groups is 1. The Labute approximate surface area is 107 Å². The molecule has 0 aliphatic rings. The molecule has 2 aromatic heterocycles. The van der Waals surface area contributed by atoms with E-state index in [4.69, 9.17) is 0 Å². The normalized spacial score (nSPS) is 11.1. The highest BCUT2D eigenvalue weighted by molar-refractivity contribution is 5.76. The van der Waals surface area contributed by atoms with Crippen LogP contribution in [0.3, 0.4) is 0 Å². The van der Waals surface area contributed by atoms with Crippen molar-refractivity contribution in [1.29, 1.82) is 0 Å². The van der Waals surface area contributed by atoms with E-state index in [1.165, 1.54) is 0 Å². The summed E-state index contributed by atoms with van der Waals surface area (Å²) >= 11 is 0. The van der Waals surface area contributed by atoms with Crippen LogP contribution >= 0.6 is 0 Å². The zero-order valence-electron chi connectivity index (χ0n) is 11.1. The lowest BCUT2D eigenvalue weighted by Gasteiger charge is -2.04. The monoisotopic (exact) mass is 245 g/mol. The van der Waals surface area contributed by atoms with Crippen molar-refractivity contribution >= 4 is 11.6 Å². The Balaban J connectivity index is 2.04. The number of aromatic nitrogens is 2. The lowest BCUT2D eigenvalue weighted by atomic mass is 10.1. The van der Waals surface area contributed by atoms with Gasteiger partial charge < -0.3 is 9.72 Å². The lowest BCUT2D eigenvalue weighted by Crippen LogP contribution is -2.24. The fourth-order valence-corrected chi connectivity index (χ4v) is 1.92. The first-order valence-electron chi connectivity index (χ1n) is 6.26. The van der Waals surface area contributed by atoms with Crippen molar-refractivity contribution in [2.24, 2.45) is 5.92 Å². The summed E-state index contributed by atoms with van der Waals surface area (Å²) in [7, 11) is 0. The van der Waals surface area contributed by atoms with Gasteiger partial charge in [-0.05, 0) is 24.5 Å². The third-order valence-corrected chi connectivity index (χ3v) is 2.79. The van der Waals surface area contributed by atoms with Crippen LogP contribution in [0, 0.1) is 12.8 Å². The van der Waals surface area contributed by atoms with Gasteiger partial charge in [0.05, 0.1) is 12.2 Å². The number of aryl methyl sites for hydroxylation is 1. The van der Waals surface area contributed by atoms with Gasteiger partial charge in [-0.2, -0.15) is 0 Å². The van der Waals surface area contributed by atoms with E-state index in [1.807, 2.05) is 49.7 Å². The molecule has 0 bridgehead atoms. The smallest absolute Gasteiger partial charge is 0.220 e. The van der Waals surface area contributed by atoms with Crippen molar-refractivity contribution in [3.05, 3.63) is 35.8 Å². The van der Waals surface area contributed by atoms with Gasteiger partial charge in [0.15, 0.2) is 0 Å². The Kier molecular flexibility index (Phi) is 3.65. The molecule has 0 radical (unpaired) electrons. The van der Waals surface area contributed by atoms with Crippen LogP contribution in [-0.4, -0.2) is 15.3 Å². The summed E-state index contributed by atoms with van der Waals surface area (Å²) in [6.45, 7) is 6.60. The van der Waals surface area contributed by atoms with Gasteiger partial charge in [-0.1, -0.05) is 19.9 Å². The number of fused-ring (bicyclic) bond motifs is 1. The molecule has 1 amide bonds. The van der Waals surface area contributed by atoms with Gasteiger partial charge in [-0.25, -0.2) is 4.98 Å². The van der Waals surface area contributed by atoms with Crippen LogP contribution in [0.25, 0.3) is 5.65 Å². The fraction of sp³-hybridized carbons (Fsp3) is 0.429. The third-order valence-electron chi connectivity index (χ3n) is 2.79. The highest BCUT2D eigenvalue weighted by Crippen LogP contribution is 2.09. The molecule has 0 fully saturated rings. The molecule has 2 rings (SSSR count). The first-order valence-corrected chi connectivity index (χ1v) is 6.26. The van der Waals surface area contributed by atoms with Crippen molar-refractivity contribution in [1.82, 2.24) is 14.7 Å². The molecule has 1 N–H and O–H groups in total. The second-order valence-corrected chi connectivity index (χ2v) is 5.03. The first-order chi connectivity index (χ1) is 8.56. The van der Waals surface area contributed by atoms with Crippen LogP contribution in [0.2, 0.25) is 0 Å². The maximum Gasteiger partial charge on any atom is 0.220 e. The van der Waals surface area contributed by atoms with Crippen molar-refractivity contribution in [3.8, 4) is 0 Å². The molecule has 4 nitrogen and oxygen atoms in total. The van der Waals surface area contributed by atoms with E-state index < -0.39 is 0 Å². The summed E-state index contributed by atoms with van der Waals surface area (Å²) in [5.74, 6) is 0.465. The van der Waals surface area contributed by atoms with Crippen molar-refractivity contribution < 1.29 is 4.79 Å². The number of pyridine rings is 1. The third kappa shape index (κ3) is 2.88. The molecule has 96 valence electrons. The molecule has 18 heavy (non-hydrogen) atoms. The second kappa shape index (κ2) is 5.21. The Bertz CT molecular complexity index is 557. The van der Waals surface area contributed by atoms with E-state index in [2.05, 4.69) is 10.3 Å². The minimum absolute atomic E-state index is 0.0822. The average Bonchev–Trinajstić information content (AvgIpc) is 2.70. The van der Waals surface area contributed by atoms with Gasteiger partial charge in [0.25, 0.3) is 0 Å². The van der Waals surface area contributed by atoms with Crippen LogP contribution in [0.15, 0.2) is 24.5 Å². The van der Waals surface area contributed by atoms with Gasteiger partial charge in [0, 0.05) is 18.8 Å². The van der Waals surface area contributed by atoms with E-state index in [1.54, 1.807) is 0 Å². The van der Waals surface area contributed by atoms with Crippen LogP contribution in [-0.2, 0) is 11.3 Å². The summed E-state index contributed by atoms with van der Waals surface area (Å²) in [5.41, 5.74) is 2.98. The molecule has 0 spiro atoms. The van der Waals surface area contributed by atoms with Gasteiger partial charge in [0.2, 0.25) is 5.91 Å². The van der Waals surface area contributed by atoms with Gasteiger partial charge in [-0.3, -0.25) is 4.79 Å². The lowest BCUT2D eigenvalue weighted by molar-refractivity contribution is -0.121. The molecule has 0 aliphatic carbocycles. The quantitative estimate of drug-likeness (QED) is 0.898. The largest absolute Gasteiger partial charge is 0.350 e. The Morgan fingerprint density at radius 2 is 2.28 bits per heavy atom. The van der Waals surface area contributed by atoms with E-state index in [0.717, 1.165) is 16.9 Å². The number of hydrogen-bond acceptors (Lipinski definition) is 2. The number of nitrogens with one attached hydrogen (secondary N) is 1. The molecular formula is C14H19N3O. The van der Waals surface area contributed by atoms with E-state index in [-0.39, 0.29) is 5.91 Å². The number of amides is 1. The standard InChI is InChI=1S/C14H19N3O/c1-10(2)7-13(18)15-8-12-9-17-6-4-5-11(3)14(17)16-12/h4-6,9-10H,7-8H2,1-3H3,(H,15,18). The number of rotatable bonds is 4. The molecule has 0 saturated carbocycles. The Hall–Kier alpha value is -1.84. The Morgan fingerprint density at radius 3 is 2.94 bits per heavy atom. The predicted octanol–water partition coefficient (Wildman–Crippen LogP) is 2.31. The zero-order valence-corrected chi connectivity index (χ0v) is 11.1. The molecule has 0 saturated heterocycles. The number of imidazole rings is 1. The van der Waals surface area contributed by atoms with Crippen LogP contribution in [0.4, 0.5) is 0 Å². The molecule has 0 aromatic carbocycles. The minimum atomic E-state index is 0.0822. The molecule has 0 atom stereocenters. The van der Waals surface area contributed by atoms with Crippen LogP contribution in [0.5, 0.6) is 0 Å². The fourth-order valence-electron chi connectivity index (χ4n) is 1.92. The second-order valence-electron chi connectivity index (χ2n) is 5.03. The van der Waals surface area contributed by atoms with E-state index in [0.29, 0.717) is 18.9 Å². The van der Waals surface area contributed by atoms with Crippen LogP contribution in [0.1, 0.15) is 31.5 Å². The van der Waals surface area contributed by atoms with Crippen molar-refractivity contribution in [2.45, 2.75) is 33.7 Å². The summed E-state index contributed by atoms with van der Waals surface area (Å²) < 4.78 is 1.99. The molecule has 4 heteroatoms. The van der Waals surface area contributed by atoms with E-state index in [9.17, 15) is 4.79 Å². The average molecular weight is 245 g/mol. The topological polar surface area (TPSA) is 46.4 Å². The van der Waals surface area contributed by atoms with E-state index >= 15 is 0 Å². The number of hydrogen-bond donors (Lipinski definition) is 1. The molecule has 0 unspecified atom stereocenters. The van der Waals surface area contributed by atoms with Crippen molar-refractivity contribution in [3.63, 3.8) is 0 Å². The molecule has 0 aliphatic heterocycles. The molecule has 2 aromatic rings. The van der Waals surface area contributed by atoms with Crippen molar-refractivity contribution in [2.75, 3.05) is 0 Å². The maximum atomic E-state index is 11.6. The summed E-state index contributed by atoms with van der Waals surface area (Å²) in [6, 6.07) is 4.02. The number of carbonyl (C=O) groups excluding carboxylic acids is 1. The summed E-state index contributed by atoms with van der Waals surface area (Å²) in [4.78, 5) is 16.1. The number of nitrogens with zero attached hydrogens (tertiary/aromatic N) is 2. The molecular weight excluding hydrogens is 226 g/mol. The molecule has 2 heterocycles. The summed E-state index contributed by atoms with van der Waals surface area (Å²) in [5, 5.41) is 2.90. The highest BCUT2D eigenvalue weighted by atomic mass is 16.1. The Morgan fingerprint density at radius 1 is 1.50 bits per heavy atom. The SMILES string of the molecule is Cc1cccn2cc(CNC(=O)CC(C)C)nc12. The van der Waals surface area contributed by atoms with Gasteiger partial charge in [-0.15, -0.1) is 0 Å². The minimum Gasteiger partial charge on any atom is -0.350 e. The highest BCUT2D eigenvalue weighted by Gasteiger charge is 2.07. The zero-order chi connectivity index (χ0) is 13.1.